The van der Waals surface area contributed by atoms with Gasteiger partial charge in [-0.15, -0.1) is 0 Å². The van der Waals surface area contributed by atoms with Gasteiger partial charge < -0.3 is 15.4 Å². The van der Waals surface area contributed by atoms with Crippen molar-refractivity contribution >= 4 is 39.6 Å². The average Bonchev–Trinajstić information content (AvgIpc) is 3.47. The monoisotopic (exact) mass is 453 g/mol. The van der Waals surface area contributed by atoms with Gasteiger partial charge in [0.15, 0.2) is 5.65 Å². The summed E-state index contributed by atoms with van der Waals surface area (Å²) in [7, 11) is 1.77. The maximum Gasteiger partial charge on any atom is 0.181 e. The fourth-order valence-corrected chi connectivity index (χ4v) is 5.27. The Kier molecular flexibility index (Phi) is 4.40. The van der Waals surface area contributed by atoms with Crippen LogP contribution in [0.1, 0.15) is 19.8 Å². The molecular formula is C21H24ClN9O. The van der Waals surface area contributed by atoms with E-state index < -0.39 is 0 Å². The number of ether oxygens (including phenoxy) is 1. The number of nitrogens with zero attached hydrogens (tertiary/aromatic N) is 8. The van der Waals surface area contributed by atoms with Gasteiger partial charge in [-0.25, -0.2) is 14.6 Å². The number of halogens is 1. The summed E-state index contributed by atoms with van der Waals surface area (Å²) < 4.78 is 7.53. The number of hydrogen-bond donors (Lipinski definition) is 1. The van der Waals surface area contributed by atoms with Crippen molar-refractivity contribution in [3.05, 3.63) is 29.5 Å². The zero-order valence-corrected chi connectivity index (χ0v) is 18.7. The second kappa shape index (κ2) is 7.09. The van der Waals surface area contributed by atoms with Gasteiger partial charge in [0.25, 0.3) is 0 Å². The molecule has 6 rings (SSSR count). The number of nitrogens with two attached hydrogens (primary N) is 1. The lowest BCUT2D eigenvalue weighted by atomic mass is 9.73. The second-order valence-corrected chi connectivity index (χ2v) is 9.22. The zero-order valence-electron chi connectivity index (χ0n) is 17.9. The Morgan fingerprint density at radius 1 is 1.16 bits per heavy atom. The summed E-state index contributed by atoms with van der Waals surface area (Å²) in [6, 6.07) is 3.84. The van der Waals surface area contributed by atoms with Crippen LogP contribution < -0.4 is 10.6 Å². The van der Waals surface area contributed by atoms with Gasteiger partial charge in [0.1, 0.15) is 22.4 Å². The van der Waals surface area contributed by atoms with Gasteiger partial charge in [0.05, 0.1) is 35.8 Å². The molecule has 0 aliphatic carbocycles. The van der Waals surface area contributed by atoms with Crippen LogP contribution in [0.15, 0.2) is 24.5 Å². The van der Waals surface area contributed by atoms with Crippen LogP contribution in [0.3, 0.4) is 0 Å². The van der Waals surface area contributed by atoms with Crippen LogP contribution in [0.5, 0.6) is 0 Å². The summed E-state index contributed by atoms with van der Waals surface area (Å²) in [4.78, 5) is 13.3. The van der Waals surface area contributed by atoms with E-state index in [1.807, 2.05) is 12.1 Å². The number of aromatic nitrogens is 7. The Hall–Kier alpha value is -2.82. The van der Waals surface area contributed by atoms with E-state index in [9.17, 15) is 0 Å². The molecule has 2 aliphatic rings. The van der Waals surface area contributed by atoms with Crippen molar-refractivity contribution in [3.63, 3.8) is 0 Å². The fourth-order valence-electron chi connectivity index (χ4n) is 4.99. The highest BCUT2D eigenvalue weighted by Gasteiger charge is 2.47. The standard InChI is InChI=1S/C21H24ClN9O/c1-12-19(23)21(11-32-12)5-7-30(8-6-21)16-10-24-20-14(26-16)9-25-31(20)15-4-3-13-18(17(15)22)28-29(2)27-13/h3-4,9-10,12,19H,5-8,11,23H2,1-2H3/t12-,19+/m0/s1. The Balaban J connectivity index is 1.29. The van der Waals surface area contributed by atoms with Crippen molar-refractivity contribution in [2.24, 2.45) is 18.2 Å². The topological polar surface area (TPSA) is 113 Å². The zero-order chi connectivity index (χ0) is 22.0. The Labute approximate surface area is 189 Å². The van der Waals surface area contributed by atoms with E-state index in [4.69, 9.17) is 27.1 Å². The van der Waals surface area contributed by atoms with Crippen molar-refractivity contribution in [3.8, 4) is 5.69 Å². The van der Waals surface area contributed by atoms with E-state index in [1.54, 1.807) is 24.1 Å². The van der Waals surface area contributed by atoms with Gasteiger partial charge in [-0.3, -0.25) is 0 Å². The molecular weight excluding hydrogens is 430 g/mol. The van der Waals surface area contributed by atoms with E-state index in [1.165, 1.54) is 4.80 Å². The predicted octanol–water partition coefficient (Wildman–Crippen LogP) is 2.08. The van der Waals surface area contributed by atoms with E-state index in [2.05, 4.69) is 32.1 Å². The van der Waals surface area contributed by atoms with Crippen molar-refractivity contribution in [1.29, 1.82) is 0 Å². The molecule has 1 spiro atoms. The van der Waals surface area contributed by atoms with Crippen LogP contribution in [-0.4, -0.2) is 66.6 Å². The van der Waals surface area contributed by atoms with E-state index >= 15 is 0 Å². The molecule has 0 bridgehead atoms. The third-order valence-electron chi connectivity index (χ3n) is 6.99. The molecule has 11 heteroatoms. The van der Waals surface area contributed by atoms with Gasteiger partial charge in [-0.1, -0.05) is 11.6 Å². The van der Waals surface area contributed by atoms with Gasteiger partial charge >= 0.3 is 0 Å². The minimum Gasteiger partial charge on any atom is -0.376 e. The second-order valence-electron chi connectivity index (χ2n) is 8.84. The summed E-state index contributed by atoms with van der Waals surface area (Å²) in [5, 5.41) is 13.6. The third-order valence-corrected chi connectivity index (χ3v) is 7.36. The first-order valence-electron chi connectivity index (χ1n) is 10.8. The number of hydrogen-bond acceptors (Lipinski definition) is 8. The van der Waals surface area contributed by atoms with E-state index in [0.29, 0.717) is 27.4 Å². The molecule has 0 amide bonds. The minimum atomic E-state index is 0.0774. The van der Waals surface area contributed by atoms with E-state index in [-0.39, 0.29) is 17.6 Å². The maximum atomic E-state index is 6.63. The molecule has 2 fully saturated rings. The number of fused-ring (bicyclic) bond motifs is 2. The summed E-state index contributed by atoms with van der Waals surface area (Å²) >= 11 is 6.63. The summed E-state index contributed by atoms with van der Waals surface area (Å²) in [5.41, 5.74) is 9.95. The smallest absolute Gasteiger partial charge is 0.181 e. The Morgan fingerprint density at radius 3 is 2.72 bits per heavy atom. The molecule has 3 aromatic heterocycles. The van der Waals surface area contributed by atoms with Crippen molar-refractivity contribution < 1.29 is 4.74 Å². The molecule has 2 N–H and O–H groups in total. The molecule has 32 heavy (non-hydrogen) atoms. The maximum absolute atomic E-state index is 6.63. The van der Waals surface area contributed by atoms with Gasteiger partial charge in [-0.05, 0) is 31.9 Å². The molecule has 1 aromatic carbocycles. The summed E-state index contributed by atoms with van der Waals surface area (Å²) in [5.74, 6) is 0.850. The van der Waals surface area contributed by atoms with Crippen LogP contribution in [0.25, 0.3) is 27.9 Å². The lowest BCUT2D eigenvalue weighted by Gasteiger charge is -2.41. The molecule has 4 aromatic rings. The molecule has 2 saturated heterocycles. The highest BCUT2D eigenvalue weighted by molar-refractivity contribution is 6.36. The van der Waals surface area contributed by atoms with Crippen molar-refractivity contribution in [2.75, 3.05) is 24.6 Å². The molecule has 10 nitrogen and oxygen atoms in total. The van der Waals surface area contributed by atoms with Gasteiger partial charge in [0, 0.05) is 31.6 Å². The highest BCUT2D eigenvalue weighted by atomic mass is 35.5. The SMILES string of the molecule is C[C@@H]1OCC2(CCN(c3cnc4c(cnn4-c4ccc5nn(C)nc5c4Cl)n3)CC2)[C@@H]1N. The van der Waals surface area contributed by atoms with Crippen LogP contribution in [0.2, 0.25) is 5.02 Å². The number of rotatable bonds is 2. The molecule has 0 radical (unpaired) electrons. The molecule has 2 aliphatic heterocycles. The first-order valence-corrected chi connectivity index (χ1v) is 11.2. The van der Waals surface area contributed by atoms with Crippen molar-refractivity contribution in [2.45, 2.75) is 31.9 Å². The number of aryl methyl sites for hydroxylation is 1. The lowest BCUT2D eigenvalue weighted by molar-refractivity contribution is 0.0974. The van der Waals surface area contributed by atoms with E-state index in [0.717, 1.165) is 43.9 Å². The van der Waals surface area contributed by atoms with Gasteiger partial charge in [0.2, 0.25) is 0 Å². The average molecular weight is 454 g/mol. The predicted molar refractivity (Wildman–Crippen MR) is 121 cm³/mol. The minimum absolute atomic E-state index is 0.0774. The number of anilines is 1. The number of benzene rings is 1. The van der Waals surface area contributed by atoms with Crippen LogP contribution in [-0.2, 0) is 11.8 Å². The quantitative estimate of drug-likeness (QED) is 0.491. The molecule has 2 atom stereocenters. The van der Waals surface area contributed by atoms with Crippen molar-refractivity contribution in [1.82, 2.24) is 34.7 Å². The first-order chi connectivity index (χ1) is 15.4. The summed E-state index contributed by atoms with van der Waals surface area (Å²) in [6.45, 7) is 4.58. The molecule has 166 valence electrons. The van der Waals surface area contributed by atoms with Crippen LogP contribution >= 0.6 is 11.6 Å². The molecule has 0 saturated carbocycles. The first kappa shape index (κ1) is 19.8. The van der Waals surface area contributed by atoms with Gasteiger partial charge in [-0.2, -0.15) is 20.1 Å². The number of piperidine rings is 1. The molecule has 0 unspecified atom stereocenters. The Morgan fingerprint density at radius 2 is 1.97 bits per heavy atom. The highest BCUT2D eigenvalue weighted by Crippen LogP contribution is 2.41. The normalized spacial score (nSPS) is 23.1. The third kappa shape index (κ3) is 2.90. The van der Waals surface area contributed by atoms with Crippen LogP contribution in [0.4, 0.5) is 5.82 Å². The lowest BCUT2D eigenvalue weighted by Crippen LogP contribution is -2.50. The molecule has 5 heterocycles. The largest absolute Gasteiger partial charge is 0.376 e. The fraction of sp³-hybridized carbons (Fsp3) is 0.476. The summed E-state index contributed by atoms with van der Waals surface area (Å²) in [6.07, 6.45) is 5.63. The Bertz CT molecular complexity index is 1320. The van der Waals surface area contributed by atoms with Crippen LogP contribution in [0, 0.1) is 5.41 Å².